The average Bonchev–Trinajstić information content (AvgIpc) is 2.61. The molecule has 0 amide bonds. The van der Waals surface area contributed by atoms with Gasteiger partial charge >= 0.3 is 5.97 Å². The van der Waals surface area contributed by atoms with Crippen molar-refractivity contribution in [2.45, 2.75) is 0 Å². The van der Waals surface area contributed by atoms with Crippen LogP contribution in [0.5, 0.6) is 23.0 Å². The van der Waals surface area contributed by atoms with E-state index < -0.39 is 5.97 Å². The summed E-state index contributed by atoms with van der Waals surface area (Å²) in [5.74, 6) is -0.616. The van der Waals surface area contributed by atoms with Crippen LogP contribution in [0.4, 0.5) is 0 Å². The Labute approximate surface area is 144 Å². The largest absolute Gasteiger partial charge is 0.504 e. The zero-order valence-electron chi connectivity index (χ0n) is 13.5. The minimum Gasteiger partial charge on any atom is -0.504 e. The second-order valence-corrected chi connectivity index (χ2v) is 5.05. The Balaban J connectivity index is 1.85. The SMILES string of the molecule is COc1cc(C=CCOC(=O)C=Cc2ccc(O)c(O)c2)ccc1O. The molecule has 25 heavy (non-hydrogen) atoms. The van der Waals surface area contributed by atoms with E-state index in [2.05, 4.69) is 0 Å². The van der Waals surface area contributed by atoms with Gasteiger partial charge in [-0.05, 0) is 47.5 Å². The van der Waals surface area contributed by atoms with Crippen molar-refractivity contribution in [2.24, 2.45) is 0 Å². The first-order valence-electron chi connectivity index (χ1n) is 7.40. The van der Waals surface area contributed by atoms with Crippen molar-refractivity contribution in [1.29, 1.82) is 0 Å². The third-order valence-electron chi connectivity index (χ3n) is 3.25. The second-order valence-electron chi connectivity index (χ2n) is 5.05. The lowest BCUT2D eigenvalue weighted by Gasteiger charge is -2.03. The van der Waals surface area contributed by atoms with E-state index in [1.165, 1.54) is 37.5 Å². The highest BCUT2D eigenvalue weighted by atomic mass is 16.5. The minimum atomic E-state index is -0.541. The fourth-order valence-electron chi connectivity index (χ4n) is 1.97. The molecule has 0 bridgehead atoms. The molecular weight excluding hydrogens is 324 g/mol. The molecule has 130 valence electrons. The van der Waals surface area contributed by atoms with Crippen LogP contribution in [-0.2, 0) is 9.53 Å². The smallest absolute Gasteiger partial charge is 0.331 e. The minimum absolute atomic E-state index is 0.0523. The molecule has 0 unspecified atom stereocenters. The van der Waals surface area contributed by atoms with Crippen LogP contribution in [0, 0.1) is 0 Å². The normalized spacial score (nSPS) is 11.1. The lowest BCUT2D eigenvalue weighted by atomic mass is 10.2. The maximum atomic E-state index is 11.6. The predicted octanol–water partition coefficient (Wildman–Crippen LogP) is 3.08. The van der Waals surface area contributed by atoms with Gasteiger partial charge in [-0.25, -0.2) is 4.79 Å². The van der Waals surface area contributed by atoms with Crippen LogP contribution >= 0.6 is 0 Å². The molecule has 2 aromatic carbocycles. The standard InChI is InChI=1S/C19H18O6/c1-24-18-12-13(5-8-16(18)21)3-2-10-25-19(23)9-6-14-4-7-15(20)17(22)11-14/h2-9,11-12,20-22H,10H2,1H3. The van der Waals surface area contributed by atoms with E-state index in [4.69, 9.17) is 9.47 Å². The second kappa shape index (κ2) is 8.44. The first-order chi connectivity index (χ1) is 12.0. The number of rotatable bonds is 6. The van der Waals surface area contributed by atoms with Gasteiger partial charge in [0.2, 0.25) is 0 Å². The molecule has 0 spiro atoms. The van der Waals surface area contributed by atoms with Crippen LogP contribution in [0.3, 0.4) is 0 Å². The monoisotopic (exact) mass is 342 g/mol. The van der Waals surface area contributed by atoms with Gasteiger partial charge in [0.25, 0.3) is 0 Å². The first kappa shape index (κ1) is 17.9. The van der Waals surface area contributed by atoms with Crippen molar-refractivity contribution in [3.63, 3.8) is 0 Å². The number of phenolic OH excluding ortho intramolecular Hbond substituents is 3. The van der Waals surface area contributed by atoms with E-state index in [1.54, 1.807) is 30.4 Å². The molecule has 2 rings (SSSR count). The highest BCUT2D eigenvalue weighted by Crippen LogP contribution is 2.27. The molecule has 0 heterocycles. The molecule has 0 aliphatic carbocycles. The molecule has 0 saturated heterocycles. The lowest BCUT2D eigenvalue weighted by molar-refractivity contribution is -0.136. The summed E-state index contributed by atoms with van der Waals surface area (Å²) < 4.78 is 10.0. The third kappa shape index (κ3) is 5.31. The van der Waals surface area contributed by atoms with Gasteiger partial charge in [-0.2, -0.15) is 0 Å². The molecule has 0 radical (unpaired) electrons. The zero-order chi connectivity index (χ0) is 18.2. The maximum Gasteiger partial charge on any atom is 0.331 e. The molecular formula is C19H18O6. The van der Waals surface area contributed by atoms with E-state index in [0.717, 1.165) is 5.56 Å². The quantitative estimate of drug-likeness (QED) is 0.424. The summed E-state index contributed by atoms with van der Waals surface area (Å²) in [5, 5.41) is 28.1. The van der Waals surface area contributed by atoms with Crippen molar-refractivity contribution >= 4 is 18.1 Å². The fourth-order valence-corrected chi connectivity index (χ4v) is 1.97. The first-order valence-corrected chi connectivity index (χ1v) is 7.40. The van der Waals surface area contributed by atoms with Crippen LogP contribution < -0.4 is 4.74 Å². The molecule has 0 saturated carbocycles. The molecule has 6 nitrogen and oxygen atoms in total. The highest BCUT2D eigenvalue weighted by Gasteiger charge is 2.01. The Morgan fingerprint density at radius 3 is 2.32 bits per heavy atom. The number of phenols is 3. The topological polar surface area (TPSA) is 96.2 Å². The summed E-state index contributed by atoms with van der Waals surface area (Å²) in [6, 6.07) is 9.09. The van der Waals surface area contributed by atoms with Gasteiger partial charge in [0.15, 0.2) is 23.0 Å². The summed E-state index contributed by atoms with van der Waals surface area (Å²) in [7, 11) is 1.46. The summed E-state index contributed by atoms with van der Waals surface area (Å²) in [5.41, 5.74) is 1.35. The number of benzene rings is 2. The van der Waals surface area contributed by atoms with Crippen LogP contribution in [-0.4, -0.2) is 35.0 Å². The van der Waals surface area contributed by atoms with Gasteiger partial charge in [-0.1, -0.05) is 18.2 Å². The van der Waals surface area contributed by atoms with Crippen molar-refractivity contribution in [1.82, 2.24) is 0 Å². The number of esters is 1. The van der Waals surface area contributed by atoms with Gasteiger partial charge in [-0.15, -0.1) is 0 Å². The number of carbonyl (C=O) groups is 1. The molecule has 0 aromatic heterocycles. The maximum absolute atomic E-state index is 11.6. The molecule has 0 aliphatic rings. The van der Waals surface area contributed by atoms with Crippen LogP contribution in [0.1, 0.15) is 11.1 Å². The van der Waals surface area contributed by atoms with Gasteiger partial charge in [-0.3, -0.25) is 0 Å². The van der Waals surface area contributed by atoms with Gasteiger partial charge in [0.05, 0.1) is 7.11 Å². The fraction of sp³-hybridized carbons (Fsp3) is 0.105. The molecule has 0 fully saturated rings. The summed E-state index contributed by atoms with van der Waals surface area (Å²) in [4.78, 5) is 11.6. The number of methoxy groups -OCH3 is 1. The predicted molar refractivity (Wildman–Crippen MR) is 93.5 cm³/mol. The summed E-state index contributed by atoms with van der Waals surface area (Å²) in [6.07, 6.45) is 6.08. The van der Waals surface area contributed by atoms with Crippen molar-refractivity contribution in [2.75, 3.05) is 13.7 Å². The lowest BCUT2D eigenvalue weighted by Crippen LogP contribution is -1.99. The van der Waals surface area contributed by atoms with E-state index in [9.17, 15) is 20.1 Å². The summed E-state index contributed by atoms with van der Waals surface area (Å²) in [6.45, 7) is 0.0766. The Hall–Kier alpha value is -3.41. The van der Waals surface area contributed by atoms with E-state index in [1.807, 2.05) is 0 Å². The van der Waals surface area contributed by atoms with E-state index >= 15 is 0 Å². The number of aromatic hydroxyl groups is 3. The molecule has 2 aromatic rings. The van der Waals surface area contributed by atoms with Gasteiger partial charge in [0.1, 0.15) is 6.61 Å². The molecule has 3 N–H and O–H groups in total. The Morgan fingerprint density at radius 2 is 1.64 bits per heavy atom. The van der Waals surface area contributed by atoms with E-state index in [-0.39, 0.29) is 23.9 Å². The number of hydrogen-bond donors (Lipinski definition) is 3. The van der Waals surface area contributed by atoms with Crippen LogP contribution in [0.15, 0.2) is 48.6 Å². The average molecular weight is 342 g/mol. The number of hydrogen-bond acceptors (Lipinski definition) is 6. The Morgan fingerprint density at radius 1 is 0.960 bits per heavy atom. The Kier molecular flexibility index (Phi) is 6.06. The van der Waals surface area contributed by atoms with Crippen LogP contribution in [0.25, 0.3) is 12.2 Å². The van der Waals surface area contributed by atoms with Crippen molar-refractivity contribution in [3.8, 4) is 23.0 Å². The zero-order valence-corrected chi connectivity index (χ0v) is 13.5. The number of carbonyl (C=O) groups excluding carboxylic acids is 1. The molecule has 0 atom stereocenters. The third-order valence-corrected chi connectivity index (χ3v) is 3.25. The van der Waals surface area contributed by atoms with Gasteiger partial charge in [0, 0.05) is 6.08 Å². The molecule has 6 heteroatoms. The molecule has 0 aliphatic heterocycles. The van der Waals surface area contributed by atoms with Gasteiger partial charge < -0.3 is 24.8 Å². The van der Waals surface area contributed by atoms with Crippen molar-refractivity contribution in [3.05, 3.63) is 59.7 Å². The van der Waals surface area contributed by atoms with Crippen molar-refractivity contribution < 1.29 is 29.6 Å². The number of ether oxygens (including phenoxy) is 2. The highest BCUT2D eigenvalue weighted by molar-refractivity contribution is 5.87. The summed E-state index contributed by atoms with van der Waals surface area (Å²) >= 11 is 0. The Bertz CT molecular complexity index is 808. The van der Waals surface area contributed by atoms with Crippen LogP contribution in [0.2, 0.25) is 0 Å². The van der Waals surface area contributed by atoms with E-state index in [0.29, 0.717) is 11.3 Å².